The lowest BCUT2D eigenvalue weighted by molar-refractivity contribution is -0.314. The molecule has 6 nitrogen and oxygen atoms in total. The number of carbonyl (C=O) groups excluding carboxylic acids is 2. The van der Waals surface area contributed by atoms with Crippen molar-refractivity contribution in [2.75, 3.05) is 32.7 Å². The summed E-state index contributed by atoms with van der Waals surface area (Å²) in [4.78, 5) is 28.0. The van der Waals surface area contributed by atoms with Crippen LogP contribution in [0, 0.1) is 11.8 Å². The van der Waals surface area contributed by atoms with Crippen LogP contribution in [0.5, 0.6) is 0 Å². The number of rotatable bonds is 3. The molecule has 2 bridgehead atoms. The summed E-state index contributed by atoms with van der Waals surface area (Å²) in [6.45, 7) is 6.18. The van der Waals surface area contributed by atoms with Crippen LogP contribution in [-0.2, 0) is 14.3 Å². The number of nitrogens with zero attached hydrogens (tertiary/aromatic N) is 2. The van der Waals surface area contributed by atoms with Crippen molar-refractivity contribution in [3.63, 3.8) is 0 Å². The van der Waals surface area contributed by atoms with E-state index >= 15 is 0 Å². The summed E-state index contributed by atoms with van der Waals surface area (Å²) in [5.41, 5.74) is 0. The molecule has 3 fully saturated rings. The zero-order chi connectivity index (χ0) is 14.3. The maximum absolute atomic E-state index is 12.6. The monoisotopic (exact) mass is 281 g/mol. The van der Waals surface area contributed by atoms with Gasteiger partial charge < -0.3 is 24.4 Å². The van der Waals surface area contributed by atoms with Crippen molar-refractivity contribution in [3.05, 3.63) is 0 Å². The van der Waals surface area contributed by atoms with Gasteiger partial charge in [0.05, 0.1) is 18.1 Å². The van der Waals surface area contributed by atoms with Gasteiger partial charge in [0.1, 0.15) is 0 Å². The highest BCUT2D eigenvalue weighted by Crippen LogP contribution is 2.44. The van der Waals surface area contributed by atoms with E-state index in [4.69, 9.17) is 4.74 Å². The number of ether oxygens (including phenoxy) is 1. The molecule has 4 atom stereocenters. The Labute approximate surface area is 118 Å². The number of fused-ring (bicyclic) bond motifs is 2. The molecule has 20 heavy (non-hydrogen) atoms. The van der Waals surface area contributed by atoms with Gasteiger partial charge in [-0.3, -0.25) is 4.79 Å². The predicted octanol–water partition coefficient (Wildman–Crippen LogP) is -1.31. The van der Waals surface area contributed by atoms with Crippen molar-refractivity contribution in [2.24, 2.45) is 11.8 Å². The predicted molar refractivity (Wildman–Crippen MR) is 68.6 cm³/mol. The SMILES string of the molecule is CCN1CCN(C(=O)C2C(C(=O)[O-])[C@H]3CC[C@@H]2O3)CC1. The van der Waals surface area contributed by atoms with E-state index in [-0.39, 0.29) is 18.1 Å². The molecule has 3 aliphatic rings. The van der Waals surface area contributed by atoms with Crippen molar-refractivity contribution in [1.82, 2.24) is 9.80 Å². The summed E-state index contributed by atoms with van der Waals surface area (Å²) >= 11 is 0. The number of carboxylic acids is 1. The van der Waals surface area contributed by atoms with E-state index in [2.05, 4.69) is 11.8 Å². The molecule has 3 heterocycles. The van der Waals surface area contributed by atoms with Gasteiger partial charge in [-0.05, 0) is 19.4 Å². The lowest BCUT2D eigenvalue weighted by Gasteiger charge is -2.38. The molecule has 2 unspecified atom stereocenters. The molecule has 0 N–H and O–H groups in total. The molecule has 6 heteroatoms. The first-order valence-corrected chi connectivity index (χ1v) is 7.49. The fourth-order valence-corrected chi connectivity index (χ4v) is 3.79. The van der Waals surface area contributed by atoms with Crippen LogP contribution in [0.3, 0.4) is 0 Å². The Hall–Kier alpha value is -1.14. The quantitative estimate of drug-likeness (QED) is 0.642. The number of carbonyl (C=O) groups is 2. The third-order valence-electron chi connectivity index (χ3n) is 4.96. The number of amides is 1. The molecule has 0 aromatic carbocycles. The Balaban J connectivity index is 1.69. The number of carboxylic acid groups (broad SMARTS) is 1. The Morgan fingerprint density at radius 3 is 2.25 bits per heavy atom. The summed E-state index contributed by atoms with van der Waals surface area (Å²) in [5.74, 6) is -2.48. The van der Waals surface area contributed by atoms with E-state index in [9.17, 15) is 14.7 Å². The molecule has 112 valence electrons. The maximum Gasteiger partial charge on any atom is 0.229 e. The van der Waals surface area contributed by atoms with Crippen LogP contribution < -0.4 is 5.11 Å². The molecular formula is C14H21N2O4-. The van der Waals surface area contributed by atoms with Gasteiger partial charge in [-0.2, -0.15) is 0 Å². The van der Waals surface area contributed by atoms with Gasteiger partial charge in [0.25, 0.3) is 0 Å². The zero-order valence-corrected chi connectivity index (χ0v) is 11.8. The molecule has 1 amide bonds. The van der Waals surface area contributed by atoms with E-state index in [0.717, 1.165) is 32.5 Å². The number of aliphatic carboxylic acids is 1. The van der Waals surface area contributed by atoms with Gasteiger partial charge in [0.2, 0.25) is 5.91 Å². The third kappa shape index (κ3) is 2.20. The molecule has 0 radical (unpaired) electrons. The van der Waals surface area contributed by atoms with Crippen molar-refractivity contribution in [1.29, 1.82) is 0 Å². The van der Waals surface area contributed by atoms with Gasteiger partial charge in [0, 0.05) is 38.1 Å². The second-order valence-electron chi connectivity index (χ2n) is 5.92. The van der Waals surface area contributed by atoms with E-state index in [1.807, 2.05) is 0 Å². The van der Waals surface area contributed by atoms with Crippen LogP contribution in [-0.4, -0.2) is 66.6 Å². The minimum atomic E-state index is -1.14. The molecule has 0 aromatic rings. The minimum Gasteiger partial charge on any atom is -0.550 e. The molecular weight excluding hydrogens is 260 g/mol. The molecule has 0 spiro atoms. The molecule has 3 aliphatic heterocycles. The zero-order valence-electron chi connectivity index (χ0n) is 11.8. The highest BCUT2D eigenvalue weighted by atomic mass is 16.5. The van der Waals surface area contributed by atoms with Gasteiger partial charge in [0.15, 0.2) is 0 Å². The van der Waals surface area contributed by atoms with Crippen molar-refractivity contribution >= 4 is 11.9 Å². The summed E-state index contributed by atoms with van der Waals surface area (Å²) < 4.78 is 5.63. The summed E-state index contributed by atoms with van der Waals surface area (Å²) in [5, 5.41) is 11.3. The number of hydrogen-bond acceptors (Lipinski definition) is 5. The first kappa shape index (κ1) is 13.8. The lowest BCUT2D eigenvalue weighted by atomic mass is 9.78. The topological polar surface area (TPSA) is 72.9 Å². The average Bonchev–Trinajstić information content (AvgIpc) is 3.07. The summed E-state index contributed by atoms with van der Waals surface area (Å²) in [7, 11) is 0. The van der Waals surface area contributed by atoms with E-state index < -0.39 is 17.8 Å². The highest BCUT2D eigenvalue weighted by molar-refractivity contribution is 5.86. The fourth-order valence-electron chi connectivity index (χ4n) is 3.79. The lowest BCUT2D eigenvalue weighted by Crippen LogP contribution is -2.54. The van der Waals surface area contributed by atoms with Crippen LogP contribution in [0.4, 0.5) is 0 Å². The molecule has 3 saturated heterocycles. The van der Waals surface area contributed by atoms with E-state index in [1.54, 1.807) is 4.90 Å². The molecule has 0 aromatic heterocycles. The van der Waals surface area contributed by atoms with E-state index in [1.165, 1.54) is 0 Å². The van der Waals surface area contributed by atoms with Crippen molar-refractivity contribution < 1.29 is 19.4 Å². The highest BCUT2D eigenvalue weighted by Gasteiger charge is 2.53. The minimum absolute atomic E-state index is 0.0536. The van der Waals surface area contributed by atoms with Gasteiger partial charge in [-0.1, -0.05) is 6.92 Å². The maximum atomic E-state index is 12.6. The second-order valence-corrected chi connectivity index (χ2v) is 5.92. The largest absolute Gasteiger partial charge is 0.550 e. The normalized spacial score (nSPS) is 37.4. The van der Waals surface area contributed by atoms with Crippen LogP contribution in [0.25, 0.3) is 0 Å². The van der Waals surface area contributed by atoms with Gasteiger partial charge in [-0.25, -0.2) is 0 Å². The Bertz CT molecular complexity index is 406. The smallest absolute Gasteiger partial charge is 0.229 e. The van der Waals surface area contributed by atoms with Crippen LogP contribution in [0.2, 0.25) is 0 Å². The first-order valence-electron chi connectivity index (χ1n) is 7.49. The van der Waals surface area contributed by atoms with E-state index in [0.29, 0.717) is 13.1 Å². The Morgan fingerprint density at radius 1 is 1.10 bits per heavy atom. The Morgan fingerprint density at radius 2 is 1.70 bits per heavy atom. The first-order chi connectivity index (χ1) is 9.61. The fraction of sp³-hybridized carbons (Fsp3) is 0.857. The van der Waals surface area contributed by atoms with Crippen molar-refractivity contribution in [3.8, 4) is 0 Å². The standard InChI is InChI=1S/C14H22N2O4/c1-2-15-5-7-16(8-6-15)13(17)11-9-3-4-10(20-9)12(11)14(18)19/h9-12H,2-8H2,1H3,(H,18,19)/p-1/t9-,10+,11?,12?/m0/s1. The van der Waals surface area contributed by atoms with Gasteiger partial charge in [-0.15, -0.1) is 0 Å². The molecule has 3 rings (SSSR count). The van der Waals surface area contributed by atoms with Crippen LogP contribution >= 0.6 is 0 Å². The Kier molecular flexibility index (Phi) is 3.69. The second kappa shape index (κ2) is 5.33. The number of likely N-dealkylation sites (N-methyl/N-ethyl adjacent to an activating group) is 1. The van der Waals surface area contributed by atoms with Crippen molar-refractivity contribution in [2.45, 2.75) is 32.0 Å². The van der Waals surface area contributed by atoms with Crippen LogP contribution in [0.15, 0.2) is 0 Å². The van der Waals surface area contributed by atoms with Crippen LogP contribution in [0.1, 0.15) is 19.8 Å². The number of hydrogen-bond donors (Lipinski definition) is 0. The average molecular weight is 281 g/mol. The molecule has 0 aliphatic carbocycles. The molecule has 0 saturated carbocycles. The number of piperazine rings is 1. The summed E-state index contributed by atoms with van der Waals surface area (Å²) in [6, 6.07) is 0. The van der Waals surface area contributed by atoms with Gasteiger partial charge >= 0.3 is 0 Å². The summed E-state index contributed by atoms with van der Waals surface area (Å²) in [6.07, 6.45) is 0.978. The third-order valence-corrected chi connectivity index (χ3v) is 4.96.